The van der Waals surface area contributed by atoms with Crippen molar-refractivity contribution in [1.29, 1.82) is 0 Å². The van der Waals surface area contributed by atoms with Crippen molar-refractivity contribution in [2.75, 3.05) is 40.4 Å². The Morgan fingerprint density at radius 2 is 1.80 bits per heavy atom. The Labute approximate surface area is 195 Å². The highest BCUT2D eigenvalue weighted by Crippen LogP contribution is 2.14. The van der Waals surface area contributed by atoms with Crippen molar-refractivity contribution in [3.05, 3.63) is 0 Å². The van der Waals surface area contributed by atoms with Gasteiger partial charge in [0.1, 0.15) is 12.2 Å². The molecule has 0 radical (unpaired) electrons. The van der Waals surface area contributed by atoms with Gasteiger partial charge in [-0.3, -0.25) is 4.99 Å². The summed E-state index contributed by atoms with van der Waals surface area (Å²) < 4.78 is 46.0. The van der Waals surface area contributed by atoms with Gasteiger partial charge in [0.25, 0.3) is 0 Å². The molecule has 11 heteroatoms. The summed E-state index contributed by atoms with van der Waals surface area (Å²) in [5.74, 6) is 0.845. The van der Waals surface area contributed by atoms with Crippen molar-refractivity contribution in [3.63, 3.8) is 0 Å². The fourth-order valence-electron chi connectivity index (χ4n) is 2.42. The number of amides is 1. The van der Waals surface area contributed by atoms with Crippen LogP contribution in [0.4, 0.5) is 18.0 Å². The molecule has 1 atom stereocenters. The predicted molar refractivity (Wildman–Crippen MR) is 124 cm³/mol. The van der Waals surface area contributed by atoms with Gasteiger partial charge in [0.15, 0.2) is 5.96 Å². The lowest BCUT2D eigenvalue weighted by Crippen LogP contribution is -2.45. The Balaban J connectivity index is 0. The fourth-order valence-corrected chi connectivity index (χ4v) is 2.42. The molecule has 0 aliphatic carbocycles. The van der Waals surface area contributed by atoms with Crippen LogP contribution in [-0.4, -0.2) is 75.2 Å². The molecule has 7 nitrogen and oxygen atoms in total. The van der Waals surface area contributed by atoms with E-state index in [1.807, 2.05) is 46.6 Å². The van der Waals surface area contributed by atoms with E-state index in [4.69, 9.17) is 4.74 Å². The number of ether oxygens (including phenoxy) is 2. The van der Waals surface area contributed by atoms with E-state index in [1.54, 1.807) is 7.05 Å². The van der Waals surface area contributed by atoms with Gasteiger partial charge in [0.05, 0.1) is 0 Å². The van der Waals surface area contributed by atoms with Gasteiger partial charge in [0.2, 0.25) is 0 Å². The van der Waals surface area contributed by atoms with Crippen LogP contribution in [0.1, 0.15) is 47.5 Å². The van der Waals surface area contributed by atoms with Crippen molar-refractivity contribution in [1.82, 2.24) is 15.5 Å². The SMILES string of the molecule is CN=C(NCCCOCC(F)(F)F)N(C)CCC(NC(=O)OC(C)(C)C)C(C)C.I. The Kier molecular flexibility index (Phi) is 15.5. The Morgan fingerprint density at radius 3 is 2.27 bits per heavy atom. The number of nitrogens with zero attached hydrogens (tertiary/aromatic N) is 2. The van der Waals surface area contributed by atoms with Crippen LogP contribution in [0.2, 0.25) is 0 Å². The first-order valence-electron chi connectivity index (χ1n) is 9.81. The molecule has 0 aromatic rings. The third-order valence-corrected chi connectivity index (χ3v) is 3.87. The zero-order chi connectivity index (χ0) is 22.7. The van der Waals surface area contributed by atoms with Gasteiger partial charge in [-0.15, -0.1) is 24.0 Å². The molecule has 0 aliphatic rings. The van der Waals surface area contributed by atoms with Gasteiger partial charge < -0.3 is 25.0 Å². The number of rotatable bonds is 10. The third-order valence-electron chi connectivity index (χ3n) is 3.87. The smallest absolute Gasteiger partial charge is 0.411 e. The lowest BCUT2D eigenvalue weighted by atomic mass is 10.0. The van der Waals surface area contributed by atoms with Crippen LogP contribution in [0.15, 0.2) is 4.99 Å². The molecule has 0 rings (SSSR count). The average molecular weight is 554 g/mol. The molecule has 0 fully saturated rings. The number of aliphatic imine (C=N–C) groups is 1. The average Bonchev–Trinajstić information content (AvgIpc) is 2.54. The first-order chi connectivity index (χ1) is 13.2. The molecule has 1 unspecified atom stereocenters. The highest BCUT2D eigenvalue weighted by molar-refractivity contribution is 14.0. The molecule has 0 bridgehead atoms. The van der Waals surface area contributed by atoms with E-state index in [2.05, 4.69) is 20.4 Å². The zero-order valence-electron chi connectivity index (χ0n) is 19.1. The fraction of sp³-hybridized carbons (Fsp3) is 0.895. The van der Waals surface area contributed by atoms with Crippen LogP contribution in [0.3, 0.4) is 0 Å². The van der Waals surface area contributed by atoms with Gasteiger partial charge in [-0.1, -0.05) is 13.8 Å². The summed E-state index contributed by atoms with van der Waals surface area (Å²) in [6, 6.07) is -0.0684. The van der Waals surface area contributed by atoms with Crippen molar-refractivity contribution in [2.24, 2.45) is 10.9 Å². The van der Waals surface area contributed by atoms with E-state index in [-0.39, 0.29) is 42.5 Å². The summed E-state index contributed by atoms with van der Waals surface area (Å²) in [5, 5.41) is 6.00. The number of guanidine groups is 1. The number of hydrogen-bond acceptors (Lipinski definition) is 4. The molecule has 0 saturated heterocycles. The normalized spacial score (nSPS) is 13.5. The Morgan fingerprint density at radius 1 is 1.20 bits per heavy atom. The summed E-state index contributed by atoms with van der Waals surface area (Å²) >= 11 is 0. The monoisotopic (exact) mass is 554 g/mol. The molecule has 2 N–H and O–H groups in total. The standard InChI is InChI=1S/C19H37F3N4O3.HI/c1-14(2)15(25-17(27)29-18(3,4)5)9-11-26(7)16(23-6)24-10-8-12-28-13-19(20,21)22;/h14-15H,8-13H2,1-7H3,(H,23,24)(H,25,27);1H. The quantitative estimate of drug-likeness (QED) is 0.185. The van der Waals surface area contributed by atoms with E-state index in [9.17, 15) is 18.0 Å². The van der Waals surface area contributed by atoms with Crippen molar-refractivity contribution in [3.8, 4) is 0 Å². The number of hydrogen-bond donors (Lipinski definition) is 2. The van der Waals surface area contributed by atoms with Gasteiger partial charge in [-0.25, -0.2) is 4.79 Å². The molecule has 30 heavy (non-hydrogen) atoms. The summed E-state index contributed by atoms with van der Waals surface area (Å²) in [7, 11) is 3.50. The minimum Gasteiger partial charge on any atom is -0.444 e. The second-order valence-corrected chi connectivity index (χ2v) is 8.20. The number of carbonyl (C=O) groups is 1. The third kappa shape index (κ3) is 16.8. The first kappa shape index (κ1) is 31.2. The van der Waals surface area contributed by atoms with Gasteiger partial charge >= 0.3 is 12.3 Å². The van der Waals surface area contributed by atoms with Crippen molar-refractivity contribution >= 4 is 36.0 Å². The molecule has 0 aliphatic heterocycles. The molecule has 180 valence electrons. The predicted octanol–water partition coefficient (Wildman–Crippen LogP) is 4.02. The second-order valence-electron chi connectivity index (χ2n) is 8.20. The summed E-state index contributed by atoms with van der Waals surface area (Å²) in [4.78, 5) is 18.1. The summed E-state index contributed by atoms with van der Waals surface area (Å²) in [5.41, 5.74) is -0.557. The molecule has 0 aromatic carbocycles. The largest absolute Gasteiger partial charge is 0.444 e. The molecular formula is C19H38F3IN4O3. The topological polar surface area (TPSA) is 75.2 Å². The first-order valence-corrected chi connectivity index (χ1v) is 9.81. The lowest BCUT2D eigenvalue weighted by Gasteiger charge is -2.28. The number of halogens is 4. The maximum absolute atomic E-state index is 12.0. The van der Waals surface area contributed by atoms with Crippen LogP contribution in [0.5, 0.6) is 0 Å². The zero-order valence-corrected chi connectivity index (χ0v) is 21.4. The lowest BCUT2D eigenvalue weighted by molar-refractivity contribution is -0.173. The summed E-state index contributed by atoms with van der Waals surface area (Å²) in [6.07, 6.45) is -3.63. The number of alkyl carbamates (subject to hydrolysis) is 1. The highest BCUT2D eigenvalue weighted by atomic mass is 127. The van der Waals surface area contributed by atoms with Crippen LogP contribution < -0.4 is 10.6 Å². The van der Waals surface area contributed by atoms with Gasteiger partial charge in [0, 0.05) is 39.8 Å². The van der Waals surface area contributed by atoms with E-state index >= 15 is 0 Å². The van der Waals surface area contributed by atoms with E-state index < -0.39 is 24.5 Å². The summed E-state index contributed by atoms with van der Waals surface area (Å²) in [6.45, 7) is 9.34. The van der Waals surface area contributed by atoms with Crippen LogP contribution >= 0.6 is 24.0 Å². The number of nitrogens with one attached hydrogen (secondary N) is 2. The molecular weight excluding hydrogens is 516 g/mol. The van der Waals surface area contributed by atoms with E-state index in [1.165, 1.54) is 0 Å². The number of carbonyl (C=O) groups excluding carboxylic acids is 1. The van der Waals surface area contributed by atoms with Gasteiger partial charge in [-0.05, 0) is 39.5 Å². The highest BCUT2D eigenvalue weighted by Gasteiger charge is 2.27. The maximum atomic E-state index is 12.0. The molecule has 0 heterocycles. The molecule has 0 aromatic heterocycles. The van der Waals surface area contributed by atoms with Crippen molar-refractivity contribution < 1.29 is 27.4 Å². The van der Waals surface area contributed by atoms with Crippen LogP contribution in [0.25, 0.3) is 0 Å². The Hall–Kier alpha value is -0.980. The van der Waals surface area contributed by atoms with Crippen molar-refractivity contribution in [2.45, 2.75) is 65.3 Å². The molecule has 1 amide bonds. The second kappa shape index (κ2) is 14.9. The minimum atomic E-state index is -4.30. The maximum Gasteiger partial charge on any atom is 0.411 e. The van der Waals surface area contributed by atoms with Crippen LogP contribution in [0, 0.1) is 5.92 Å². The van der Waals surface area contributed by atoms with E-state index in [0.717, 1.165) is 0 Å². The van der Waals surface area contributed by atoms with Gasteiger partial charge in [-0.2, -0.15) is 13.2 Å². The number of alkyl halides is 3. The van der Waals surface area contributed by atoms with E-state index in [0.29, 0.717) is 31.9 Å². The Bertz CT molecular complexity index is 512. The molecule has 0 spiro atoms. The van der Waals surface area contributed by atoms with Crippen LogP contribution in [-0.2, 0) is 9.47 Å². The molecule has 0 saturated carbocycles. The minimum absolute atomic E-state index is 0.